The lowest BCUT2D eigenvalue weighted by molar-refractivity contribution is -0.676. The van der Waals surface area contributed by atoms with Crippen molar-refractivity contribution in [2.75, 3.05) is 32.9 Å². The molecule has 0 aliphatic heterocycles. The second-order valence-electron chi connectivity index (χ2n) is 17.1. The van der Waals surface area contributed by atoms with Crippen LogP contribution in [0.2, 0.25) is 0 Å². The summed E-state index contributed by atoms with van der Waals surface area (Å²) in [4.78, 5) is 28.1. The lowest BCUT2D eigenvalue weighted by Crippen LogP contribution is -2.84. The normalized spacial score (nSPS) is 14.1. The molecule has 52 heavy (non-hydrogen) atoms. The summed E-state index contributed by atoms with van der Waals surface area (Å²) in [6.07, 6.45) is 6.38. The van der Waals surface area contributed by atoms with Gasteiger partial charge in [0, 0.05) is 30.0 Å². The van der Waals surface area contributed by atoms with Crippen LogP contribution in [0.25, 0.3) is 0 Å². The number of rotatable bonds is 16. The van der Waals surface area contributed by atoms with Crippen molar-refractivity contribution in [1.82, 2.24) is 4.90 Å². The Morgan fingerprint density at radius 2 is 1.29 bits per heavy atom. The molecule has 1 fully saturated rings. The van der Waals surface area contributed by atoms with Crippen LogP contribution in [0.3, 0.4) is 0 Å². The van der Waals surface area contributed by atoms with Crippen LogP contribution >= 0.6 is 0 Å². The first-order valence-corrected chi connectivity index (χ1v) is 19.1. The van der Waals surface area contributed by atoms with E-state index in [1.54, 1.807) is 4.90 Å². The molecule has 0 saturated heterocycles. The summed E-state index contributed by atoms with van der Waals surface area (Å²) in [5.74, 6) is 2.00. The van der Waals surface area contributed by atoms with Gasteiger partial charge in [0.1, 0.15) is 36.9 Å². The predicted octanol–water partition coefficient (Wildman–Crippen LogP) is 8.71. The molecular weight excluding hydrogens is 652 g/mol. The largest absolute Gasteiger partial charge is 0.490 e. The van der Waals surface area contributed by atoms with Crippen LogP contribution < -0.4 is 14.8 Å². The summed E-state index contributed by atoms with van der Waals surface area (Å²) < 4.78 is 23.3. The van der Waals surface area contributed by atoms with Crippen LogP contribution in [0, 0.1) is 11.3 Å². The van der Waals surface area contributed by atoms with Crippen LogP contribution in [0.1, 0.15) is 115 Å². The summed E-state index contributed by atoms with van der Waals surface area (Å²) >= 11 is 0. The standard InChI is InChI=1S/C44H62N2O6/c1-42(2,3)37-20-24-39(25-21-37)50-27-26-49-38-22-16-35(17-23-38)30-46(41(48)52-43(4,5)6)31-44(7,8)32-51-40(47)36-18-14-34(15-19-36)29-45-28-33-12-10-9-11-13-33/h14-25,33,45H,9-13,26-32H2,1-8H3/p+1. The molecule has 1 amide bonds. The molecule has 0 atom stereocenters. The van der Waals surface area contributed by atoms with Crippen LogP contribution in [-0.2, 0) is 28.0 Å². The number of amides is 1. The molecule has 0 radical (unpaired) electrons. The van der Waals surface area contributed by atoms with Gasteiger partial charge in [0.25, 0.3) is 0 Å². The van der Waals surface area contributed by atoms with Gasteiger partial charge in [0.2, 0.25) is 0 Å². The van der Waals surface area contributed by atoms with Gasteiger partial charge in [-0.05, 0) is 86.6 Å². The van der Waals surface area contributed by atoms with Crippen molar-refractivity contribution >= 4 is 12.1 Å². The second-order valence-corrected chi connectivity index (χ2v) is 17.1. The van der Waals surface area contributed by atoms with Crippen LogP contribution in [0.15, 0.2) is 72.8 Å². The molecule has 0 bridgehead atoms. The summed E-state index contributed by atoms with van der Waals surface area (Å²) in [6.45, 7) is 19.8. The van der Waals surface area contributed by atoms with Crippen LogP contribution in [-0.4, -0.2) is 55.5 Å². The molecule has 0 aromatic heterocycles. The maximum absolute atomic E-state index is 13.4. The number of ether oxygens (including phenoxy) is 4. The molecule has 8 nitrogen and oxygen atoms in total. The zero-order valence-corrected chi connectivity index (χ0v) is 33.0. The third kappa shape index (κ3) is 14.2. The average molecular weight is 716 g/mol. The number of hydrogen-bond acceptors (Lipinski definition) is 6. The lowest BCUT2D eigenvalue weighted by Gasteiger charge is -2.34. The Labute approximate surface area is 312 Å². The molecule has 4 rings (SSSR count). The van der Waals surface area contributed by atoms with Gasteiger partial charge >= 0.3 is 12.1 Å². The highest BCUT2D eigenvalue weighted by molar-refractivity contribution is 5.89. The lowest BCUT2D eigenvalue weighted by atomic mass is 9.87. The fourth-order valence-corrected chi connectivity index (χ4v) is 6.39. The molecule has 0 heterocycles. The first-order valence-electron chi connectivity index (χ1n) is 19.1. The Kier molecular flexibility index (Phi) is 14.6. The number of quaternary nitrogens is 1. The monoisotopic (exact) mass is 715 g/mol. The van der Waals surface area contributed by atoms with Gasteiger partial charge in [-0.1, -0.05) is 90.3 Å². The Balaban J connectivity index is 1.26. The number of hydrogen-bond donors (Lipinski definition) is 1. The summed E-state index contributed by atoms with van der Waals surface area (Å²) in [5.41, 5.74) is 2.84. The summed E-state index contributed by atoms with van der Waals surface area (Å²) in [5, 5.41) is 2.38. The number of benzene rings is 3. The Bertz CT molecular complexity index is 1530. The van der Waals surface area contributed by atoms with Gasteiger partial charge in [0.15, 0.2) is 0 Å². The first kappa shape index (κ1) is 40.7. The van der Waals surface area contributed by atoms with Gasteiger partial charge in [-0.2, -0.15) is 0 Å². The van der Waals surface area contributed by atoms with Gasteiger partial charge < -0.3 is 29.2 Å². The van der Waals surface area contributed by atoms with Crippen molar-refractivity contribution in [1.29, 1.82) is 0 Å². The molecule has 1 aliphatic carbocycles. The van der Waals surface area contributed by atoms with Gasteiger partial charge in [0.05, 0.1) is 18.7 Å². The highest BCUT2D eigenvalue weighted by Gasteiger charge is 2.30. The Morgan fingerprint density at radius 1 is 0.731 bits per heavy atom. The zero-order chi connectivity index (χ0) is 37.8. The van der Waals surface area contributed by atoms with Crippen molar-refractivity contribution in [3.8, 4) is 11.5 Å². The van der Waals surface area contributed by atoms with Crippen LogP contribution in [0.5, 0.6) is 11.5 Å². The van der Waals surface area contributed by atoms with Gasteiger partial charge in [-0.15, -0.1) is 0 Å². The fraction of sp³-hybridized carbons (Fsp3) is 0.545. The number of carbonyl (C=O) groups is 2. The number of nitrogens with zero attached hydrogens (tertiary/aromatic N) is 1. The molecular formula is C44H63N2O6+. The topological polar surface area (TPSA) is 90.9 Å². The van der Waals surface area contributed by atoms with E-state index in [-0.39, 0.29) is 18.0 Å². The molecule has 284 valence electrons. The highest BCUT2D eigenvalue weighted by atomic mass is 16.6. The Morgan fingerprint density at radius 3 is 1.85 bits per heavy atom. The number of carbonyl (C=O) groups excluding carboxylic acids is 2. The molecule has 0 spiro atoms. The minimum Gasteiger partial charge on any atom is -0.490 e. The molecule has 1 saturated carbocycles. The quantitative estimate of drug-likeness (QED) is 0.118. The maximum Gasteiger partial charge on any atom is 0.410 e. The maximum atomic E-state index is 13.4. The highest BCUT2D eigenvalue weighted by Crippen LogP contribution is 2.26. The second kappa shape index (κ2) is 18.6. The summed E-state index contributed by atoms with van der Waals surface area (Å²) in [6, 6.07) is 23.6. The van der Waals surface area contributed by atoms with E-state index >= 15 is 0 Å². The van der Waals surface area contributed by atoms with E-state index in [1.165, 1.54) is 49.8 Å². The summed E-state index contributed by atoms with van der Waals surface area (Å²) in [7, 11) is 0. The number of esters is 1. The zero-order valence-electron chi connectivity index (χ0n) is 33.0. The molecule has 3 aromatic rings. The van der Waals surface area contributed by atoms with E-state index in [4.69, 9.17) is 18.9 Å². The third-order valence-corrected chi connectivity index (χ3v) is 9.30. The van der Waals surface area contributed by atoms with Crippen LogP contribution in [0.4, 0.5) is 4.79 Å². The molecule has 1 aliphatic rings. The van der Waals surface area contributed by atoms with Crippen molar-refractivity contribution in [3.63, 3.8) is 0 Å². The third-order valence-electron chi connectivity index (χ3n) is 9.30. The van der Waals surface area contributed by atoms with Crippen molar-refractivity contribution < 1.29 is 33.9 Å². The smallest absolute Gasteiger partial charge is 0.410 e. The van der Waals surface area contributed by atoms with Gasteiger partial charge in [-0.3, -0.25) is 0 Å². The van der Waals surface area contributed by atoms with Crippen molar-refractivity contribution in [2.45, 2.75) is 112 Å². The van der Waals surface area contributed by atoms with E-state index in [1.807, 2.05) is 95.3 Å². The van der Waals surface area contributed by atoms with E-state index in [0.29, 0.717) is 31.9 Å². The van der Waals surface area contributed by atoms with Crippen molar-refractivity contribution in [2.24, 2.45) is 11.3 Å². The first-order chi connectivity index (χ1) is 24.6. The van der Waals surface area contributed by atoms with E-state index in [2.05, 4.69) is 38.2 Å². The van der Waals surface area contributed by atoms with Crippen molar-refractivity contribution in [3.05, 3.63) is 95.1 Å². The fourth-order valence-electron chi connectivity index (χ4n) is 6.39. The Hall–Kier alpha value is -4.04. The molecule has 3 aromatic carbocycles. The predicted molar refractivity (Wildman–Crippen MR) is 207 cm³/mol. The molecule has 8 heteroatoms. The SMILES string of the molecule is CC(C)(COC(=O)c1ccc(C[NH2+]CC2CCCCC2)cc1)CN(Cc1ccc(OCCOc2ccc(C(C)(C)C)cc2)cc1)C(=O)OC(C)(C)C. The number of nitrogens with two attached hydrogens (primary N) is 1. The minimum absolute atomic E-state index is 0.0997. The molecule has 2 N–H and O–H groups in total. The minimum atomic E-state index is -0.653. The van der Waals surface area contributed by atoms with E-state index in [9.17, 15) is 9.59 Å². The molecule has 0 unspecified atom stereocenters. The van der Waals surface area contributed by atoms with E-state index in [0.717, 1.165) is 29.5 Å². The average Bonchev–Trinajstić information content (AvgIpc) is 3.09. The van der Waals surface area contributed by atoms with E-state index < -0.39 is 17.1 Å². The van der Waals surface area contributed by atoms with Gasteiger partial charge in [-0.25, -0.2) is 9.59 Å².